The minimum Gasteiger partial charge on any atom is -0.355 e. The van der Waals surface area contributed by atoms with Crippen molar-refractivity contribution in [1.29, 1.82) is 0 Å². The van der Waals surface area contributed by atoms with Crippen LogP contribution in [-0.4, -0.2) is 18.2 Å². The summed E-state index contributed by atoms with van der Waals surface area (Å²) in [4.78, 5) is 21.7. The molecule has 1 atom stereocenters. The average Bonchev–Trinajstić information content (AvgIpc) is 2.41. The molecule has 0 aromatic heterocycles. The Morgan fingerprint density at radius 2 is 1.41 bits per heavy atom. The lowest BCUT2D eigenvalue weighted by atomic mass is 10.1. The summed E-state index contributed by atoms with van der Waals surface area (Å²) in [5, 5.41) is 2.65. The number of carbonyl (C=O) groups is 2. The Bertz CT molecular complexity index is 162. The summed E-state index contributed by atoms with van der Waals surface area (Å²) in [6.45, 7) is 17.7. The maximum Gasteiger partial charge on any atom is 0.230 e. The fourth-order valence-electron chi connectivity index (χ4n) is 0.586. The van der Waals surface area contributed by atoms with Gasteiger partial charge in [-0.05, 0) is 20.3 Å². The molecular formula is C14H35NO2. The molecule has 0 aliphatic heterocycles. The summed E-state index contributed by atoms with van der Waals surface area (Å²) in [7, 11) is 0. The standard InChI is InChI=1S/C8H15NO2.3C2H6.H2/c1-4-5-9-8(11)6(2)7(3)10;3*1-2;/h6H,4-5H2,1-3H3,(H,9,11);3*1-2H3;1H. The van der Waals surface area contributed by atoms with E-state index in [0.717, 1.165) is 6.42 Å². The van der Waals surface area contributed by atoms with Crippen LogP contribution in [0.4, 0.5) is 0 Å². The van der Waals surface area contributed by atoms with E-state index >= 15 is 0 Å². The monoisotopic (exact) mass is 249 g/mol. The molecule has 0 radical (unpaired) electrons. The van der Waals surface area contributed by atoms with Gasteiger partial charge in [0.2, 0.25) is 5.91 Å². The second kappa shape index (κ2) is 24.4. The molecule has 1 N–H and O–H groups in total. The minimum absolute atomic E-state index is 0. The molecule has 0 saturated heterocycles. The number of Topliss-reactive ketones (excluding diaryl/α,β-unsaturated/α-hetero) is 1. The summed E-state index contributed by atoms with van der Waals surface area (Å²) in [5.41, 5.74) is 0. The number of amides is 1. The highest BCUT2D eigenvalue weighted by Crippen LogP contribution is 1.95. The largest absolute Gasteiger partial charge is 0.355 e. The van der Waals surface area contributed by atoms with Gasteiger partial charge in [0.15, 0.2) is 0 Å². The van der Waals surface area contributed by atoms with Crippen LogP contribution < -0.4 is 5.32 Å². The highest BCUT2D eigenvalue weighted by Gasteiger charge is 2.15. The zero-order valence-corrected chi connectivity index (χ0v) is 13.3. The van der Waals surface area contributed by atoms with Gasteiger partial charge in [0.25, 0.3) is 0 Å². The molecule has 17 heavy (non-hydrogen) atoms. The van der Waals surface area contributed by atoms with Crippen LogP contribution in [0.1, 0.15) is 70.2 Å². The number of carbonyl (C=O) groups excluding carboxylic acids is 2. The highest BCUT2D eigenvalue weighted by molar-refractivity contribution is 5.99. The predicted octanol–water partition coefficient (Wildman–Crippen LogP) is 4.06. The van der Waals surface area contributed by atoms with E-state index in [2.05, 4.69) is 5.32 Å². The van der Waals surface area contributed by atoms with Gasteiger partial charge in [-0.3, -0.25) is 9.59 Å². The summed E-state index contributed by atoms with van der Waals surface area (Å²) in [6.07, 6.45) is 0.899. The molecule has 1 unspecified atom stereocenters. The van der Waals surface area contributed by atoms with Gasteiger partial charge < -0.3 is 5.32 Å². The third-order valence-corrected chi connectivity index (χ3v) is 1.55. The molecule has 3 heteroatoms. The molecule has 0 fully saturated rings. The molecular weight excluding hydrogens is 214 g/mol. The van der Waals surface area contributed by atoms with Crippen LogP contribution in [0, 0.1) is 5.92 Å². The van der Waals surface area contributed by atoms with Crippen LogP contribution in [-0.2, 0) is 9.59 Å². The van der Waals surface area contributed by atoms with Crippen molar-refractivity contribution < 1.29 is 11.0 Å². The summed E-state index contributed by atoms with van der Waals surface area (Å²) in [6, 6.07) is 0. The van der Waals surface area contributed by atoms with Crippen LogP contribution in [0.5, 0.6) is 0 Å². The van der Waals surface area contributed by atoms with Crippen LogP contribution in [0.25, 0.3) is 0 Å². The van der Waals surface area contributed by atoms with Gasteiger partial charge in [-0.25, -0.2) is 0 Å². The van der Waals surface area contributed by atoms with Crippen molar-refractivity contribution in [2.45, 2.75) is 68.7 Å². The van der Waals surface area contributed by atoms with Crippen LogP contribution in [0.2, 0.25) is 0 Å². The quantitative estimate of drug-likeness (QED) is 0.764. The Balaban J connectivity index is -0.0000000700. The van der Waals surface area contributed by atoms with E-state index in [9.17, 15) is 9.59 Å². The Kier molecular flexibility index (Phi) is 36.0. The van der Waals surface area contributed by atoms with Crippen LogP contribution in [0.15, 0.2) is 0 Å². The van der Waals surface area contributed by atoms with E-state index in [1.54, 1.807) is 6.92 Å². The maximum absolute atomic E-state index is 11.0. The molecule has 0 saturated carbocycles. The molecule has 1 amide bonds. The Labute approximate surface area is 110 Å². The van der Waals surface area contributed by atoms with E-state index in [4.69, 9.17) is 0 Å². The van der Waals surface area contributed by atoms with Gasteiger partial charge in [-0.15, -0.1) is 0 Å². The fourth-order valence-corrected chi connectivity index (χ4v) is 0.586. The summed E-state index contributed by atoms with van der Waals surface area (Å²) in [5.74, 6) is -0.750. The number of hydrogen-bond donors (Lipinski definition) is 1. The second-order valence-corrected chi connectivity index (χ2v) is 2.62. The van der Waals surface area contributed by atoms with Gasteiger partial charge in [-0.1, -0.05) is 48.5 Å². The Morgan fingerprint density at radius 3 is 1.65 bits per heavy atom. The lowest BCUT2D eigenvalue weighted by Crippen LogP contribution is -2.33. The number of ketones is 1. The predicted molar refractivity (Wildman–Crippen MR) is 79.3 cm³/mol. The first-order valence-electron chi connectivity index (χ1n) is 6.87. The van der Waals surface area contributed by atoms with Gasteiger partial charge in [0.05, 0.1) is 5.92 Å². The zero-order valence-electron chi connectivity index (χ0n) is 13.3. The van der Waals surface area contributed by atoms with Crippen molar-refractivity contribution in [3.8, 4) is 0 Å². The van der Waals surface area contributed by atoms with Gasteiger partial charge in [0.1, 0.15) is 5.78 Å². The topological polar surface area (TPSA) is 46.2 Å². The van der Waals surface area contributed by atoms with Gasteiger partial charge >= 0.3 is 0 Å². The Morgan fingerprint density at radius 1 is 1.06 bits per heavy atom. The molecule has 108 valence electrons. The first kappa shape index (κ1) is 25.1. The van der Waals surface area contributed by atoms with Gasteiger partial charge in [-0.2, -0.15) is 0 Å². The smallest absolute Gasteiger partial charge is 0.230 e. The molecule has 0 aromatic rings. The lowest BCUT2D eigenvalue weighted by molar-refractivity contribution is -0.132. The molecule has 0 aliphatic rings. The van der Waals surface area contributed by atoms with Crippen molar-refractivity contribution in [3.05, 3.63) is 0 Å². The zero-order chi connectivity index (χ0) is 14.9. The fraction of sp³-hybridized carbons (Fsp3) is 0.857. The van der Waals surface area contributed by atoms with E-state index in [1.165, 1.54) is 6.92 Å². The van der Waals surface area contributed by atoms with E-state index in [0.29, 0.717) is 6.54 Å². The SMILES string of the molecule is CC.CC.CC.CCCNC(=O)C(C)C(C)=O.[HH]. The third kappa shape index (κ3) is 21.1. The normalized spacial score (nSPS) is 9.00. The number of hydrogen-bond acceptors (Lipinski definition) is 2. The molecule has 0 spiro atoms. The molecule has 0 heterocycles. The van der Waals surface area contributed by atoms with Gasteiger partial charge in [0, 0.05) is 7.97 Å². The minimum atomic E-state index is -0.499. The van der Waals surface area contributed by atoms with Crippen molar-refractivity contribution in [3.63, 3.8) is 0 Å². The molecule has 0 rings (SSSR count). The molecule has 0 aromatic carbocycles. The van der Waals surface area contributed by atoms with E-state index in [1.807, 2.05) is 48.5 Å². The molecule has 3 nitrogen and oxygen atoms in total. The first-order valence-corrected chi connectivity index (χ1v) is 6.87. The number of rotatable bonds is 4. The van der Waals surface area contributed by atoms with Crippen LogP contribution in [0.3, 0.4) is 0 Å². The average molecular weight is 249 g/mol. The van der Waals surface area contributed by atoms with Crippen molar-refractivity contribution in [2.24, 2.45) is 5.92 Å². The number of nitrogens with one attached hydrogen (secondary N) is 1. The highest BCUT2D eigenvalue weighted by atomic mass is 16.2. The first-order chi connectivity index (χ1) is 8.09. The maximum atomic E-state index is 11.0. The Hall–Kier alpha value is -0.860. The van der Waals surface area contributed by atoms with E-state index < -0.39 is 5.92 Å². The summed E-state index contributed by atoms with van der Waals surface area (Å²) >= 11 is 0. The van der Waals surface area contributed by atoms with Crippen molar-refractivity contribution in [2.75, 3.05) is 6.54 Å². The van der Waals surface area contributed by atoms with Crippen molar-refractivity contribution >= 4 is 11.7 Å². The molecule has 0 bridgehead atoms. The molecule has 0 aliphatic carbocycles. The lowest BCUT2D eigenvalue weighted by Gasteiger charge is -2.07. The second-order valence-electron chi connectivity index (χ2n) is 2.62. The van der Waals surface area contributed by atoms with E-state index in [-0.39, 0.29) is 13.1 Å². The third-order valence-electron chi connectivity index (χ3n) is 1.55. The van der Waals surface area contributed by atoms with Crippen LogP contribution >= 0.6 is 0 Å². The van der Waals surface area contributed by atoms with Crippen molar-refractivity contribution in [1.82, 2.24) is 5.32 Å². The summed E-state index contributed by atoms with van der Waals surface area (Å²) < 4.78 is 0.